The lowest BCUT2D eigenvalue weighted by atomic mass is 9.97. The van der Waals surface area contributed by atoms with Gasteiger partial charge in [-0.15, -0.1) is 0 Å². The lowest BCUT2D eigenvalue weighted by Gasteiger charge is -2.41. The highest BCUT2D eigenvalue weighted by Crippen LogP contribution is 2.31. The van der Waals surface area contributed by atoms with Crippen LogP contribution < -0.4 is 14.4 Å². The van der Waals surface area contributed by atoms with Gasteiger partial charge in [0.1, 0.15) is 11.5 Å². The number of benzene rings is 2. The fraction of sp³-hybridized carbons (Fsp3) is 0.500. The molecule has 1 saturated heterocycles. The van der Waals surface area contributed by atoms with Gasteiger partial charge >= 0.3 is 0 Å². The highest BCUT2D eigenvalue weighted by molar-refractivity contribution is 5.93. The number of hydrogen-bond donors (Lipinski definition) is 0. The summed E-state index contributed by atoms with van der Waals surface area (Å²) in [5.74, 6) is 2.02. The maximum atomic E-state index is 12.7. The lowest BCUT2D eigenvalue weighted by molar-refractivity contribution is -0.119. The summed E-state index contributed by atoms with van der Waals surface area (Å²) in [6.07, 6.45) is 3.40. The predicted octanol–water partition coefficient (Wildman–Crippen LogP) is 4.85. The molecule has 31 heavy (non-hydrogen) atoms. The van der Waals surface area contributed by atoms with Gasteiger partial charge in [-0.05, 0) is 68.5 Å². The van der Waals surface area contributed by atoms with Crippen LogP contribution in [0.5, 0.6) is 11.5 Å². The van der Waals surface area contributed by atoms with E-state index in [0.29, 0.717) is 12.5 Å². The number of hydrogen-bond acceptors (Lipinski definition) is 4. The molecular weight excluding hydrogens is 388 g/mol. The average molecular weight is 425 g/mol. The van der Waals surface area contributed by atoms with Gasteiger partial charge in [0.15, 0.2) is 0 Å². The van der Waals surface area contributed by atoms with Crippen molar-refractivity contribution in [1.82, 2.24) is 4.90 Å². The molecule has 5 heteroatoms. The number of nitrogens with zero attached hydrogens (tertiary/aromatic N) is 2. The Morgan fingerprint density at radius 3 is 2.32 bits per heavy atom. The maximum Gasteiger partial charge on any atom is 0.226 e. The van der Waals surface area contributed by atoms with Gasteiger partial charge in [0, 0.05) is 37.3 Å². The molecule has 2 aromatic rings. The van der Waals surface area contributed by atoms with Gasteiger partial charge in [-0.25, -0.2) is 0 Å². The van der Waals surface area contributed by atoms with Crippen LogP contribution in [0.1, 0.15) is 44.2 Å². The molecule has 3 rings (SSSR count). The molecule has 1 heterocycles. The Kier molecular flexibility index (Phi) is 7.97. The van der Waals surface area contributed by atoms with Crippen molar-refractivity contribution in [1.29, 1.82) is 0 Å². The molecule has 1 fully saturated rings. The lowest BCUT2D eigenvalue weighted by Crippen LogP contribution is -2.49. The monoisotopic (exact) mass is 424 g/mol. The molecule has 1 aliphatic heterocycles. The number of amides is 1. The third-order valence-electron chi connectivity index (χ3n) is 6.41. The third-order valence-corrected chi connectivity index (χ3v) is 6.41. The molecule has 0 aliphatic carbocycles. The first-order valence-corrected chi connectivity index (χ1v) is 11.3. The summed E-state index contributed by atoms with van der Waals surface area (Å²) in [5.41, 5.74) is 3.27. The minimum atomic E-state index is 0.203. The molecule has 168 valence electrons. The molecule has 0 N–H and O–H groups in total. The fourth-order valence-electron chi connectivity index (χ4n) is 4.62. The van der Waals surface area contributed by atoms with Gasteiger partial charge in [-0.2, -0.15) is 0 Å². The highest BCUT2D eigenvalue weighted by atomic mass is 16.5. The number of carbonyl (C=O) groups is 1. The van der Waals surface area contributed by atoms with E-state index in [4.69, 9.17) is 9.47 Å². The molecule has 2 aromatic carbocycles. The molecule has 1 amide bonds. The van der Waals surface area contributed by atoms with Crippen LogP contribution in [0.25, 0.3) is 0 Å². The SMILES string of the molecule is CCC(=O)N(c1ccccc1)C1CCN(C(C)Cc2cc(OC)c(C)cc2OC)CC1. The zero-order valence-corrected chi connectivity index (χ0v) is 19.6. The van der Waals surface area contributed by atoms with Crippen LogP contribution in [-0.2, 0) is 11.2 Å². The normalized spacial score (nSPS) is 16.0. The summed E-state index contributed by atoms with van der Waals surface area (Å²) in [6, 6.07) is 14.9. The second-order valence-corrected chi connectivity index (χ2v) is 8.41. The number of para-hydroxylation sites is 1. The summed E-state index contributed by atoms with van der Waals surface area (Å²) >= 11 is 0. The smallest absolute Gasteiger partial charge is 0.226 e. The quantitative estimate of drug-likeness (QED) is 0.607. The molecule has 1 atom stereocenters. The van der Waals surface area contributed by atoms with Crippen molar-refractivity contribution in [3.05, 3.63) is 53.6 Å². The van der Waals surface area contributed by atoms with Crippen molar-refractivity contribution in [3.63, 3.8) is 0 Å². The van der Waals surface area contributed by atoms with E-state index < -0.39 is 0 Å². The molecule has 0 saturated carbocycles. The number of aryl methyl sites for hydroxylation is 1. The molecule has 0 bridgehead atoms. The van der Waals surface area contributed by atoms with Gasteiger partial charge in [-0.3, -0.25) is 4.79 Å². The Hall–Kier alpha value is -2.53. The molecular formula is C26H36N2O3. The summed E-state index contributed by atoms with van der Waals surface area (Å²) in [7, 11) is 3.44. The van der Waals surface area contributed by atoms with Crippen LogP contribution >= 0.6 is 0 Å². The number of methoxy groups -OCH3 is 2. The predicted molar refractivity (Wildman–Crippen MR) is 126 cm³/mol. The van der Waals surface area contributed by atoms with Gasteiger partial charge in [0.05, 0.1) is 14.2 Å². The topological polar surface area (TPSA) is 42.0 Å². The number of anilines is 1. The largest absolute Gasteiger partial charge is 0.496 e. The van der Waals surface area contributed by atoms with Crippen molar-refractivity contribution >= 4 is 11.6 Å². The average Bonchev–Trinajstić information content (AvgIpc) is 2.81. The van der Waals surface area contributed by atoms with Gasteiger partial charge in [-0.1, -0.05) is 25.1 Å². The van der Waals surface area contributed by atoms with Crippen molar-refractivity contribution in [2.45, 2.75) is 58.5 Å². The summed E-state index contributed by atoms with van der Waals surface area (Å²) < 4.78 is 11.2. The second kappa shape index (κ2) is 10.7. The minimum absolute atomic E-state index is 0.203. The van der Waals surface area contributed by atoms with E-state index >= 15 is 0 Å². The standard InChI is InChI=1S/C26H36N2O3/c1-6-26(29)28(22-10-8-7-9-11-22)23-12-14-27(15-13-23)20(3)17-21-18-24(30-4)19(2)16-25(21)31-5/h7-11,16,18,20,23H,6,12-15,17H2,1-5H3. The maximum absolute atomic E-state index is 12.7. The number of ether oxygens (including phenoxy) is 2. The number of rotatable bonds is 8. The van der Waals surface area contributed by atoms with Crippen molar-refractivity contribution in [3.8, 4) is 11.5 Å². The second-order valence-electron chi connectivity index (χ2n) is 8.41. The van der Waals surface area contributed by atoms with Crippen LogP contribution in [-0.4, -0.2) is 50.2 Å². The summed E-state index contributed by atoms with van der Waals surface area (Å²) in [5, 5.41) is 0. The Morgan fingerprint density at radius 1 is 1.10 bits per heavy atom. The van der Waals surface area contributed by atoms with E-state index in [2.05, 4.69) is 24.0 Å². The Labute approximate surface area is 187 Å². The van der Waals surface area contributed by atoms with E-state index in [1.54, 1.807) is 14.2 Å². The van der Waals surface area contributed by atoms with Crippen molar-refractivity contribution < 1.29 is 14.3 Å². The van der Waals surface area contributed by atoms with Crippen LogP contribution in [0.3, 0.4) is 0 Å². The van der Waals surface area contributed by atoms with Crippen molar-refractivity contribution in [2.24, 2.45) is 0 Å². The zero-order chi connectivity index (χ0) is 22.4. The minimum Gasteiger partial charge on any atom is -0.496 e. The van der Waals surface area contributed by atoms with Gasteiger partial charge < -0.3 is 19.3 Å². The van der Waals surface area contributed by atoms with E-state index in [0.717, 1.165) is 55.1 Å². The van der Waals surface area contributed by atoms with Crippen LogP contribution in [0.2, 0.25) is 0 Å². The van der Waals surface area contributed by atoms with E-state index in [1.807, 2.05) is 49.1 Å². The Morgan fingerprint density at radius 2 is 1.74 bits per heavy atom. The first-order chi connectivity index (χ1) is 15.0. The first kappa shape index (κ1) is 23.1. The number of piperidine rings is 1. The number of likely N-dealkylation sites (tertiary alicyclic amines) is 1. The van der Waals surface area contributed by atoms with Gasteiger partial charge in [0.25, 0.3) is 0 Å². The molecule has 1 unspecified atom stereocenters. The Balaban J connectivity index is 1.67. The van der Waals surface area contributed by atoms with E-state index in [9.17, 15) is 4.79 Å². The molecule has 1 aliphatic rings. The van der Waals surface area contributed by atoms with E-state index in [-0.39, 0.29) is 11.9 Å². The third kappa shape index (κ3) is 5.40. The summed E-state index contributed by atoms with van der Waals surface area (Å²) in [6.45, 7) is 8.22. The van der Waals surface area contributed by atoms with E-state index in [1.165, 1.54) is 5.56 Å². The van der Waals surface area contributed by atoms with Crippen molar-refractivity contribution in [2.75, 3.05) is 32.2 Å². The Bertz CT molecular complexity index is 860. The highest BCUT2D eigenvalue weighted by Gasteiger charge is 2.30. The van der Waals surface area contributed by atoms with Gasteiger partial charge in [0.2, 0.25) is 5.91 Å². The number of carbonyl (C=O) groups excluding carboxylic acids is 1. The summed E-state index contributed by atoms with van der Waals surface area (Å²) in [4.78, 5) is 17.3. The molecule has 0 spiro atoms. The molecule has 0 aromatic heterocycles. The molecule has 0 radical (unpaired) electrons. The van der Waals surface area contributed by atoms with Crippen LogP contribution in [0.4, 0.5) is 5.69 Å². The van der Waals surface area contributed by atoms with Crippen LogP contribution in [0, 0.1) is 6.92 Å². The van der Waals surface area contributed by atoms with Crippen LogP contribution in [0.15, 0.2) is 42.5 Å². The first-order valence-electron chi connectivity index (χ1n) is 11.3. The zero-order valence-electron chi connectivity index (χ0n) is 19.6. The molecule has 5 nitrogen and oxygen atoms in total. The fourth-order valence-corrected chi connectivity index (χ4v) is 4.62.